The lowest BCUT2D eigenvalue weighted by Gasteiger charge is -2.15. The van der Waals surface area contributed by atoms with Gasteiger partial charge in [-0.3, -0.25) is 0 Å². The number of para-hydroxylation sites is 1. The highest BCUT2D eigenvalue weighted by Crippen LogP contribution is 2.32. The molecule has 0 spiro atoms. The van der Waals surface area contributed by atoms with Crippen LogP contribution in [0.25, 0.3) is 0 Å². The molecule has 0 fully saturated rings. The SMILES string of the molecule is Cc1ccc2c(c1)CC(COc1c(Cl)cccc1CO)O2. The summed E-state index contributed by atoms with van der Waals surface area (Å²) in [5.41, 5.74) is 3.13. The Morgan fingerprint density at radius 1 is 1.33 bits per heavy atom. The molecule has 2 aromatic carbocycles. The van der Waals surface area contributed by atoms with Crippen LogP contribution in [0.5, 0.6) is 11.5 Å². The molecule has 2 aromatic rings. The second-order valence-electron chi connectivity index (χ2n) is 5.25. The summed E-state index contributed by atoms with van der Waals surface area (Å²) in [7, 11) is 0. The molecular weight excluding hydrogens is 288 g/mol. The van der Waals surface area contributed by atoms with E-state index in [-0.39, 0.29) is 12.7 Å². The Morgan fingerprint density at radius 3 is 3.00 bits per heavy atom. The lowest BCUT2D eigenvalue weighted by atomic mass is 10.1. The Bertz CT molecular complexity index is 654. The summed E-state index contributed by atoms with van der Waals surface area (Å²) >= 11 is 6.13. The zero-order valence-electron chi connectivity index (χ0n) is 11.8. The van der Waals surface area contributed by atoms with Gasteiger partial charge in [0.15, 0.2) is 0 Å². The van der Waals surface area contributed by atoms with Crippen molar-refractivity contribution in [3.63, 3.8) is 0 Å². The summed E-state index contributed by atoms with van der Waals surface area (Å²) in [6.45, 7) is 2.38. The molecule has 0 saturated carbocycles. The number of rotatable bonds is 4. The van der Waals surface area contributed by atoms with Gasteiger partial charge in [0.2, 0.25) is 0 Å². The lowest BCUT2D eigenvalue weighted by Crippen LogP contribution is -2.22. The zero-order valence-corrected chi connectivity index (χ0v) is 12.6. The summed E-state index contributed by atoms with van der Waals surface area (Å²) in [6, 6.07) is 11.5. The highest BCUT2D eigenvalue weighted by molar-refractivity contribution is 6.32. The largest absolute Gasteiger partial charge is 0.488 e. The molecule has 110 valence electrons. The van der Waals surface area contributed by atoms with Gasteiger partial charge in [0, 0.05) is 12.0 Å². The molecule has 1 atom stereocenters. The summed E-state index contributed by atoms with van der Waals surface area (Å²) in [4.78, 5) is 0. The predicted molar refractivity (Wildman–Crippen MR) is 82.2 cm³/mol. The van der Waals surface area contributed by atoms with Gasteiger partial charge in [0.1, 0.15) is 24.2 Å². The first-order valence-electron chi connectivity index (χ1n) is 6.94. The quantitative estimate of drug-likeness (QED) is 0.939. The van der Waals surface area contributed by atoms with E-state index >= 15 is 0 Å². The third-order valence-electron chi connectivity index (χ3n) is 3.59. The van der Waals surface area contributed by atoms with Crippen LogP contribution in [0, 0.1) is 6.92 Å². The van der Waals surface area contributed by atoms with E-state index in [0.29, 0.717) is 22.9 Å². The van der Waals surface area contributed by atoms with Gasteiger partial charge in [0.05, 0.1) is 11.6 Å². The Kier molecular flexibility index (Phi) is 4.04. The van der Waals surface area contributed by atoms with E-state index in [9.17, 15) is 5.11 Å². The summed E-state index contributed by atoms with van der Waals surface area (Å²) in [5.74, 6) is 1.47. The maximum Gasteiger partial charge on any atom is 0.143 e. The van der Waals surface area contributed by atoms with E-state index in [1.54, 1.807) is 18.2 Å². The van der Waals surface area contributed by atoms with Crippen molar-refractivity contribution in [1.29, 1.82) is 0 Å². The molecule has 1 aliphatic rings. The van der Waals surface area contributed by atoms with Crippen LogP contribution < -0.4 is 9.47 Å². The zero-order chi connectivity index (χ0) is 14.8. The first-order chi connectivity index (χ1) is 10.2. The van der Waals surface area contributed by atoms with E-state index in [1.165, 1.54) is 11.1 Å². The molecule has 21 heavy (non-hydrogen) atoms. The highest BCUT2D eigenvalue weighted by atomic mass is 35.5. The van der Waals surface area contributed by atoms with Gasteiger partial charge >= 0.3 is 0 Å². The van der Waals surface area contributed by atoms with Crippen LogP contribution in [0.2, 0.25) is 5.02 Å². The standard InChI is InChI=1S/C17H17ClO3/c1-11-5-6-16-13(7-11)8-14(21-16)10-20-17-12(9-19)3-2-4-15(17)18/h2-7,14,19H,8-10H2,1H3. The van der Waals surface area contributed by atoms with Gasteiger partial charge in [-0.15, -0.1) is 0 Å². The van der Waals surface area contributed by atoms with Crippen molar-refractivity contribution in [3.8, 4) is 11.5 Å². The molecule has 1 aliphatic heterocycles. The fourth-order valence-electron chi connectivity index (χ4n) is 2.56. The van der Waals surface area contributed by atoms with Gasteiger partial charge in [-0.05, 0) is 24.6 Å². The first kappa shape index (κ1) is 14.2. The number of benzene rings is 2. The predicted octanol–water partition coefficient (Wildman–Crippen LogP) is 3.52. The summed E-state index contributed by atoms with van der Waals surface area (Å²) < 4.78 is 11.7. The third kappa shape index (κ3) is 2.99. The molecule has 3 rings (SSSR count). The number of aliphatic hydroxyl groups excluding tert-OH is 1. The van der Waals surface area contributed by atoms with Crippen LogP contribution in [0.3, 0.4) is 0 Å². The van der Waals surface area contributed by atoms with Crippen LogP contribution >= 0.6 is 11.6 Å². The molecule has 3 nitrogen and oxygen atoms in total. The number of fused-ring (bicyclic) bond motifs is 1. The minimum atomic E-state index is -0.0964. The fourth-order valence-corrected chi connectivity index (χ4v) is 2.81. The van der Waals surface area contributed by atoms with E-state index < -0.39 is 0 Å². The average molecular weight is 305 g/mol. The third-order valence-corrected chi connectivity index (χ3v) is 3.89. The molecule has 1 heterocycles. The van der Waals surface area contributed by atoms with Crippen molar-refractivity contribution in [2.24, 2.45) is 0 Å². The highest BCUT2D eigenvalue weighted by Gasteiger charge is 2.24. The molecular formula is C17H17ClO3. The minimum absolute atomic E-state index is 0.0235. The van der Waals surface area contributed by atoms with Crippen molar-refractivity contribution >= 4 is 11.6 Å². The lowest BCUT2D eigenvalue weighted by molar-refractivity contribution is 0.146. The Labute approximate surface area is 129 Å². The summed E-state index contributed by atoms with van der Waals surface area (Å²) in [5, 5.41) is 9.84. The Hall–Kier alpha value is -1.71. The van der Waals surface area contributed by atoms with E-state index in [0.717, 1.165) is 12.2 Å². The number of halogens is 1. The summed E-state index contributed by atoms with van der Waals surface area (Å²) in [6.07, 6.45) is 0.806. The van der Waals surface area contributed by atoms with Crippen LogP contribution in [0.1, 0.15) is 16.7 Å². The number of ether oxygens (including phenoxy) is 2. The molecule has 1 N–H and O–H groups in total. The molecule has 0 amide bonds. The average Bonchev–Trinajstić information content (AvgIpc) is 2.87. The second kappa shape index (κ2) is 5.96. The van der Waals surface area contributed by atoms with Gasteiger partial charge in [-0.1, -0.05) is 41.4 Å². The number of hydrogen-bond acceptors (Lipinski definition) is 3. The molecule has 0 aromatic heterocycles. The molecule has 0 aliphatic carbocycles. The fraction of sp³-hybridized carbons (Fsp3) is 0.294. The number of hydrogen-bond donors (Lipinski definition) is 1. The van der Waals surface area contributed by atoms with E-state index in [2.05, 4.69) is 13.0 Å². The van der Waals surface area contributed by atoms with Gasteiger partial charge in [0.25, 0.3) is 0 Å². The van der Waals surface area contributed by atoms with Crippen LogP contribution in [0.4, 0.5) is 0 Å². The van der Waals surface area contributed by atoms with Gasteiger partial charge in [-0.25, -0.2) is 0 Å². The Morgan fingerprint density at radius 2 is 2.19 bits per heavy atom. The maximum absolute atomic E-state index is 9.34. The van der Waals surface area contributed by atoms with Crippen LogP contribution in [-0.2, 0) is 13.0 Å². The Balaban J connectivity index is 1.68. The van der Waals surface area contributed by atoms with Crippen molar-refractivity contribution in [1.82, 2.24) is 0 Å². The van der Waals surface area contributed by atoms with Crippen molar-refractivity contribution in [3.05, 3.63) is 58.1 Å². The van der Waals surface area contributed by atoms with Crippen molar-refractivity contribution < 1.29 is 14.6 Å². The number of aryl methyl sites for hydroxylation is 1. The normalized spacial score (nSPS) is 16.4. The van der Waals surface area contributed by atoms with Crippen molar-refractivity contribution in [2.45, 2.75) is 26.1 Å². The van der Waals surface area contributed by atoms with E-state index in [4.69, 9.17) is 21.1 Å². The smallest absolute Gasteiger partial charge is 0.143 e. The van der Waals surface area contributed by atoms with Gasteiger partial charge < -0.3 is 14.6 Å². The van der Waals surface area contributed by atoms with Crippen molar-refractivity contribution in [2.75, 3.05) is 6.61 Å². The van der Waals surface area contributed by atoms with Crippen LogP contribution in [-0.4, -0.2) is 17.8 Å². The minimum Gasteiger partial charge on any atom is -0.488 e. The molecule has 0 saturated heterocycles. The molecule has 0 radical (unpaired) electrons. The molecule has 1 unspecified atom stereocenters. The maximum atomic E-state index is 9.34. The molecule has 0 bridgehead atoms. The first-order valence-corrected chi connectivity index (χ1v) is 7.32. The van der Waals surface area contributed by atoms with Gasteiger partial charge in [-0.2, -0.15) is 0 Å². The monoisotopic (exact) mass is 304 g/mol. The number of aliphatic hydroxyl groups is 1. The molecule has 4 heteroatoms. The topological polar surface area (TPSA) is 38.7 Å². The second-order valence-corrected chi connectivity index (χ2v) is 5.66. The van der Waals surface area contributed by atoms with E-state index in [1.807, 2.05) is 12.1 Å². The van der Waals surface area contributed by atoms with Crippen LogP contribution in [0.15, 0.2) is 36.4 Å².